The zero-order valence-corrected chi connectivity index (χ0v) is 16.7. The molecule has 2 aromatic carbocycles. The van der Waals surface area contributed by atoms with Gasteiger partial charge < -0.3 is 20.2 Å². The van der Waals surface area contributed by atoms with E-state index in [4.69, 9.17) is 14.9 Å². The molecule has 1 saturated carbocycles. The Balaban J connectivity index is 1.54. The Morgan fingerprint density at radius 3 is 2.69 bits per heavy atom. The lowest BCUT2D eigenvalue weighted by Gasteiger charge is -2.57. The standard InChI is InChI=1S/C22H24FN3O3/c1-4-28-18-12-22(24,21(18,2)3)20(27)25-15-9-10-16-17(11-15)29-19(26-16)13-5-7-14(23)8-6-13/h5-11,18H,4,12,24H2,1-3H3,(H,25,27). The van der Waals surface area contributed by atoms with Gasteiger partial charge in [0.15, 0.2) is 5.58 Å². The number of nitrogens with two attached hydrogens (primary N) is 1. The summed E-state index contributed by atoms with van der Waals surface area (Å²) in [4.78, 5) is 17.3. The Morgan fingerprint density at radius 1 is 1.31 bits per heavy atom. The van der Waals surface area contributed by atoms with Gasteiger partial charge in [-0.1, -0.05) is 13.8 Å². The molecule has 0 bridgehead atoms. The molecule has 3 aromatic rings. The van der Waals surface area contributed by atoms with Crippen molar-refractivity contribution in [2.24, 2.45) is 11.1 Å². The summed E-state index contributed by atoms with van der Waals surface area (Å²) in [5.41, 5.74) is 7.37. The van der Waals surface area contributed by atoms with Crippen LogP contribution >= 0.6 is 0 Å². The predicted octanol–water partition coefficient (Wildman–Crippen LogP) is 4.10. The maximum atomic E-state index is 13.1. The Morgan fingerprint density at radius 2 is 2.03 bits per heavy atom. The van der Waals surface area contributed by atoms with Crippen molar-refractivity contribution in [3.63, 3.8) is 0 Å². The molecule has 4 rings (SSSR count). The summed E-state index contributed by atoms with van der Waals surface area (Å²) in [6.45, 7) is 6.42. The molecular formula is C22H24FN3O3. The van der Waals surface area contributed by atoms with Crippen LogP contribution < -0.4 is 11.1 Å². The third-order valence-electron chi connectivity index (χ3n) is 5.97. The molecule has 0 spiro atoms. The first kappa shape index (κ1) is 19.5. The van der Waals surface area contributed by atoms with Crippen LogP contribution in [-0.2, 0) is 9.53 Å². The average Bonchev–Trinajstić information content (AvgIpc) is 3.11. The quantitative estimate of drug-likeness (QED) is 0.676. The Labute approximate surface area is 168 Å². The first-order valence-electron chi connectivity index (χ1n) is 9.63. The van der Waals surface area contributed by atoms with E-state index in [2.05, 4.69) is 10.3 Å². The van der Waals surface area contributed by atoms with Crippen LogP contribution in [0.5, 0.6) is 0 Å². The highest BCUT2D eigenvalue weighted by Crippen LogP contribution is 2.50. The van der Waals surface area contributed by atoms with Crippen LogP contribution in [0.4, 0.5) is 10.1 Å². The van der Waals surface area contributed by atoms with E-state index in [-0.39, 0.29) is 17.8 Å². The van der Waals surface area contributed by atoms with Gasteiger partial charge in [0.2, 0.25) is 11.8 Å². The lowest BCUT2D eigenvalue weighted by Crippen LogP contribution is -2.74. The molecule has 1 fully saturated rings. The monoisotopic (exact) mass is 397 g/mol. The number of benzene rings is 2. The normalized spacial score (nSPS) is 23.0. The number of hydrogen-bond donors (Lipinski definition) is 2. The predicted molar refractivity (Wildman–Crippen MR) is 109 cm³/mol. The first-order chi connectivity index (χ1) is 13.7. The van der Waals surface area contributed by atoms with Crippen LogP contribution in [-0.4, -0.2) is 29.1 Å². The van der Waals surface area contributed by atoms with Crippen LogP contribution in [0, 0.1) is 11.2 Å². The molecule has 0 aliphatic heterocycles. The second-order valence-electron chi connectivity index (χ2n) is 8.00. The number of carbonyl (C=O) groups excluding carboxylic acids is 1. The number of hydrogen-bond acceptors (Lipinski definition) is 5. The molecule has 0 saturated heterocycles. The minimum Gasteiger partial charge on any atom is -0.436 e. The van der Waals surface area contributed by atoms with Crippen molar-refractivity contribution in [3.05, 3.63) is 48.3 Å². The van der Waals surface area contributed by atoms with E-state index in [1.54, 1.807) is 30.3 Å². The maximum Gasteiger partial charge on any atom is 0.245 e. The number of aromatic nitrogens is 1. The smallest absolute Gasteiger partial charge is 0.245 e. The number of amides is 1. The van der Waals surface area contributed by atoms with E-state index >= 15 is 0 Å². The van der Waals surface area contributed by atoms with Gasteiger partial charge in [-0.3, -0.25) is 4.79 Å². The van der Waals surface area contributed by atoms with Crippen LogP contribution in [0.15, 0.2) is 46.9 Å². The van der Waals surface area contributed by atoms with Gasteiger partial charge in [0.1, 0.15) is 16.9 Å². The van der Waals surface area contributed by atoms with Crippen molar-refractivity contribution in [3.8, 4) is 11.5 Å². The number of halogens is 1. The molecule has 7 heteroatoms. The Kier molecular flexibility index (Phi) is 4.67. The van der Waals surface area contributed by atoms with Crippen LogP contribution in [0.25, 0.3) is 22.6 Å². The number of fused-ring (bicyclic) bond motifs is 1. The molecule has 6 nitrogen and oxygen atoms in total. The molecule has 2 atom stereocenters. The largest absolute Gasteiger partial charge is 0.436 e. The molecule has 0 radical (unpaired) electrons. The van der Waals surface area contributed by atoms with Crippen molar-refractivity contribution in [1.82, 2.24) is 4.98 Å². The van der Waals surface area contributed by atoms with Crippen LogP contribution in [0.1, 0.15) is 27.2 Å². The third kappa shape index (κ3) is 3.20. The molecule has 1 aliphatic carbocycles. The molecule has 1 heterocycles. The van der Waals surface area contributed by atoms with Crippen molar-refractivity contribution < 1.29 is 18.3 Å². The topological polar surface area (TPSA) is 90.4 Å². The zero-order chi connectivity index (χ0) is 20.8. The van der Waals surface area contributed by atoms with E-state index in [1.165, 1.54) is 12.1 Å². The fraction of sp³-hybridized carbons (Fsp3) is 0.364. The van der Waals surface area contributed by atoms with Crippen molar-refractivity contribution >= 4 is 22.7 Å². The lowest BCUT2D eigenvalue weighted by atomic mass is 9.54. The molecular weight excluding hydrogens is 373 g/mol. The summed E-state index contributed by atoms with van der Waals surface area (Å²) < 4.78 is 24.6. The Bertz CT molecular complexity index is 1060. The maximum absolute atomic E-state index is 13.1. The molecule has 1 amide bonds. The second kappa shape index (κ2) is 6.93. The number of rotatable bonds is 5. The lowest BCUT2D eigenvalue weighted by molar-refractivity contribution is -0.166. The number of nitrogens with zero attached hydrogens (tertiary/aromatic N) is 1. The van der Waals surface area contributed by atoms with E-state index < -0.39 is 11.0 Å². The van der Waals surface area contributed by atoms with Crippen molar-refractivity contribution in [1.29, 1.82) is 0 Å². The van der Waals surface area contributed by atoms with Gasteiger partial charge in [0, 0.05) is 35.8 Å². The van der Waals surface area contributed by atoms with E-state index in [1.807, 2.05) is 20.8 Å². The minimum absolute atomic E-state index is 0.0433. The van der Waals surface area contributed by atoms with Crippen molar-refractivity contribution in [2.75, 3.05) is 11.9 Å². The third-order valence-corrected chi connectivity index (χ3v) is 5.97. The van der Waals surface area contributed by atoms with Gasteiger partial charge in [-0.05, 0) is 43.3 Å². The van der Waals surface area contributed by atoms with Gasteiger partial charge in [0.25, 0.3) is 0 Å². The number of ether oxygens (including phenoxy) is 1. The fourth-order valence-corrected chi connectivity index (χ4v) is 3.78. The molecule has 1 aliphatic rings. The van der Waals surface area contributed by atoms with Crippen molar-refractivity contribution in [2.45, 2.75) is 38.8 Å². The highest BCUT2D eigenvalue weighted by molar-refractivity contribution is 6.00. The summed E-state index contributed by atoms with van der Waals surface area (Å²) in [6, 6.07) is 11.1. The van der Waals surface area contributed by atoms with Gasteiger partial charge in [-0.2, -0.15) is 0 Å². The molecule has 2 unspecified atom stereocenters. The Hall–Kier alpha value is -2.77. The summed E-state index contributed by atoms with van der Waals surface area (Å²) >= 11 is 0. The second-order valence-corrected chi connectivity index (χ2v) is 8.00. The molecule has 152 valence electrons. The van der Waals surface area contributed by atoms with E-state index in [9.17, 15) is 9.18 Å². The summed E-state index contributed by atoms with van der Waals surface area (Å²) in [7, 11) is 0. The zero-order valence-electron chi connectivity index (χ0n) is 16.7. The highest BCUT2D eigenvalue weighted by Gasteiger charge is 2.62. The highest BCUT2D eigenvalue weighted by atomic mass is 19.1. The first-order valence-corrected chi connectivity index (χ1v) is 9.63. The minimum atomic E-state index is -1.01. The summed E-state index contributed by atoms with van der Waals surface area (Å²) in [5, 5.41) is 2.89. The van der Waals surface area contributed by atoms with Gasteiger partial charge in [-0.15, -0.1) is 0 Å². The molecule has 3 N–H and O–H groups in total. The summed E-state index contributed by atoms with van der Waals surface area (Å²) in [5.74, 6) is -0.189. The van der Waals surface area contributed by atoms with Crippen LogP contribution in [0.3, 0.4) is 0 Å². The summed E-state index contributed by atoms with van der Waals surface area (Å²) in [6.07, 6.45) is 0.428. The average molecular weight is 397 g/mol. The van der Waals surface area contributed by atoms with Gasteiger partial charge in [0.05, 0.1) is 6.10 Å². The SMILES string of the molecule is CCOC1CC(N)(C(=O)Nc2ccc3nc(-c4ccc(F)cc4)oc3c2)C1(C)C. The number of oxazole rings is 1. The van der Waals surface area contributed by atoms with E-state index in [0.29, 0.717) is 41.3 Å². The number of anilines is 1. The van der Waals surface area contributed by atoms with E-state index in [0.717, 1.165) is 0 Å². The number of carbonyl (C=O) groups is 1. The van der Waals surface area contributed by atoms with Crippen LogP contribution in [0.2, 0.25) is 0 Å². The van der Waals surface area contributed by atoms with Gasteiger partial charge >= 0.3 is 0 Å². The molecule has 29 heavy (non-hydrogen) atoms. The molecule has 1 aromatic heterocycles. The van der Waals surface area contributed by atoms with Gasteiger partial charge in [-0.25, -0.2) is 9.37 Å². The number of nitrogens with one attached hydrogen (secondary N) is 1. The fourth-order valence-electron chi connectivity index (χ4n) is 3.78.